The number of aromatic carboxylic acids is 1. The molecule has 0 aliphatic carbocycles. The Labute approximate surface area is 114 Å². The van der Waals surface area contributed by atoms with Gasteiger partial charge < -0.3 is 10.1 Å². The lowest BCUT2D eigenvalue weighted by Gasteiger charge is -2.06. The molecule has 20 heavy (non-hydrogen) atoms. The molecule has 2 aromatic rings. The second-order valence-electron chi connectivity index (χ2n) is 3.96. The van der Waals surface area contributed by atoms with Crippen LogP contribution in [0, 0.1) is 13.8 Å². The third-order valence-corrected chi connectivity index (χ3v) is 4.16. The second kappa shape index (κ2) is 4.89. The van der Waals surface area contributed by atoms with Crippen molar-refractivity contribution in [3.63, 3.8) is 0 Å². The lowest BCUT2D eigenvalue weighted by atomic mass is 10.2. The zero-order chi connectivity index (χ0) is 14.9. The van der Waals surface area contributed by atoms with Crippen molar-refractivity contribution in [3.05, 3.63) is 29.3 Å². The first-order valence-corrected chi connectivity index (χ1v) is 6.90. The predicted octanol–water partition coefficient (Wildman–Crippen LogP) is 0.316. The third kappa shape index (κ3) is 2.45. The van der Waals surface area contributed by atoms with Gasteiger partial charge in [0.25, 0.3) is 16.0 Å². The number of carboxylic acids is 1. The van der Waals surface area contributed by atoms with Gasteiger partial charge in [-0.2, -0.15) is 5.10 Å². The molecule has 3 N–H and O–H groups in total. The number of rotatable bonds is 4. The molecule has 0 amide bonds. The van der Waals surface area contributed by atoms with Gasteiger partial charge in [-0.25, -0.2) is 22.9 Å². The fraction of sp³-hybridized carbons (Fsp3) is 0.200. The van der Waals surface area contributed by atoms with Gasteiger partial charge >= 0.3 is 5.97 Å². The number of nitrogens with zero attached hydrogens (tertiary/aromatic N) is 3. The summed E-state index contributed by atoms with van der Waals surface area (Å²) in [6.07, 6.45) is 2.58. The van der Waals surface area contributed by atoms with Crippen LogP contribution in [0.4, 0.5) is 5.95 Å². The Bertz CT molecular complexity index is 753. The first-order valence-electron chi connectivity index (χ1n) is 5.42. The van der Waals surface area contributed by atoms with Crippen LogP contribution in [-0.2, 0) is 10.0 Å². The summed E-state index contributed by atoms with van der Waals surface area (Å²) in [6, 6.07) is 0. The van der Waals surface area contributed by atoms with E-state index in [-0.39, 0.29) is 27.8 Å². The first-order chi connectivity index (χ1) is 9.33. The van der Waals surface area contributed by atoms with Gasteiger partial charge in [-0.3, -0.25) is 0 Å². The Hall–Kier alpha value is -2.49. The van der Waals surface area contributed by atoms with E-state index in [1.807, 2.05) is 0 Å². The van der Waals surface area contributed by atoms with Crippen LogP contribution in [0.5, 0.6) is 0 Å². The first kappa shape index (κ1) is 13.9. The molecule has 0 fully saturated rings. The average molecular weight is 297 g/mol. The smallest absolute Gasteiger partial charge is 0.352 e. The Balaban J connectivity index is 2.48. The molecule has 0 aromatic carbocycles. The summed E-state index contributed by atoms with van der Waals surface area (Å²) in [5.74, 6) is -1.42. The lowest BCUT2D eigenvalue weighted by Crippen LogP contribution is -2.16. The van der Waals surface area contributed by atoms with Gasteiger partial charge in [-0.05, 0) is 13.8 Å². The van der Waals surface area contributed by atoms with Crippen molar-refractivity contribution in [1.29, 1.82) is 0 Å². The minimum absolute atomic E-state index is 0.117. The number of aryl methyl sites for hydroxylation is 1. The maximum absolute atomic E-state index is 12.2. The highest BCUT2D eigenvalue weighted by atomic mass is 32.2. The molecule has 2 heterocycles. The summed E-state index contributed by atoms with van der Waals surface area (Å²) in [5, 5.41) is 16.0. The maximum Gasteiger partial charge on any atom is 0.352 e. The van der Waals surface area contributed by atoms with E-state index in [0.29, 0.717) is 0 Å². The Kier molecular flexibility index (Phi) is 3.40. The molecule has 0 aliphatic heterocycles. The highest BCUT2D eigenvalue weighted by Gasteiger charge is 2.27. The molecule has 0 spiro atoms. The van der Waals surface area contributed by atoms with Crippen molar-refractivity contribution in [3.8, 4) is 0 Å². The molecular weight excluding hydrogens is 286 g/mol. The minimum atomic E-state index is -4.00. The van der Waals surface area contributed by atoms with Crippen molar-refractivity contribution < 1.29 is 18.3 Å². The van der Waals surface area contributed by atoms with Gasteiger partial charge in [0, 0.05) is 11.3 Å². The summed E-state index contributed by atoms with van der Waals surface area (Å²) in [7, 11) is -4.00. The van der Waals surface area contributed by atoms with E-state index >= 15 is 0 Å². The largest absolute Gasteiger partial charge is 0.477 e. The number of aromatic nitrogens is 4. The van der Waals surface area contributed by atoms with Crippen LogP contribution in [-0.4, -0.2) is 39.7 Å². The predicted molar refractivity (Wildman–Crippen MR) is 67.9 cm³/mol. The third-order valence-electron chi connectivity index (χ3n) is 2.56. The Morgan fingerprint density at radius 2 is 2.05 bits per heavy atom. The number of anilines is 1. The molecule has 0 unspecified atom stereocenters. The molecule has 0 atom stereocenters. The van der Waals surface area contributed by atoms with Gasteiger partial charge in [-0.15, -0.1) is 5.10 Å². The van der Waals surface area contributed by atoms with Crippen molar-refractivity contribution in [2.24, 2.45) is 0 Å². The highest BCUT2D eigenvalue weighted by molar-refractivity contribution is 7.92. The molecule has 9 nitrogen and oxygen atoms in total. The van der Waals surface area contributed by atoms with E-state index in [9.17, 15) is 13.2 Å². The quantitative estimate of drug-likeness (QED) is 0.738. The van der Waals surface area contributed by atoms with Crippen molar-refractivity contribution in [1.82, 2.24) is 20.2 Å². The second-order valence-corrected chi connectivity index (χ2v) is 5.58. The maximum atomic E-state index is 12.2. The summed E-state index contributed by atoms with van der Waals surface area (Å²) in [6.45, 7) is 2.88. The summed E-state index contributed by atoms with van der Waals surface area (Å²) < 4.78 is 26.6. The minimum Gasteiger partial charge on any atom is -0.477 e. The van der Waals surface area contributed by atoms with Crippen LogP contribution in [0.1, 0.15) is 21.7 Å². The number of carbonyl (C=O) groups is 1. The zero-order valence-electron chi connectivity index (χ0n) is 10.6. The fourth-order valence-electron chi connectivity index (χ4n) is 1.82. The van der Waals surface area contributed by atoms with Crippen molar-refractivity contribution in [2.45, 2.75) is 18.7 Å². The lowest BCUT2D eigenvalue weighted by molar-refractivity contribution is 0.0690. The molecular formula is C10H11N5O4S. The molecule has 0 aliphatic rings. The standard InChI is InChI=1S/C10H11N5O4S/c1-5-7(9(16)17)13-6(2)8(5)20(18,19)15-10-11-3-4-12-14-10/h3-4,13H,1-2H3,(H,16,17)(H,11,14,15). The van der Waals surface area contributed by atoms with E-state index < -0.39 is 16.0 Å². The van der Waals surface area contributed by atoms with Crippen LogP contribution in [0.25, 0.3) is 0 Å². The Morgan fingerprint density at radius 1 is 1.35 bits per heavy atom. The van der Waals surface area contributed by atoms with Gasteiger partial charge in [0.15, 0.2) is 0 Å². The number of hydrogen-bond acceptors (Lipinski definition) is 6. The SMILES string of the molecule is Cc1[nH]c(C(=O)O)c(C)c1S(=O)(=O)Nc1nccnn1. The molecule has 0 saturated carbocycles. The molecule has 10 heteroatoms. The van der Waals surface area contributed by atoms with E-state index in [1.54, 1.807) is 0 Å². The van der Waals surface area contributed by atoms with E-state index in [1.165, 1.54) is 26.2 Å². The molecule has 2 rings (SSSR count). The number of hydrogen-bond donors (Lipinski definition) is 3. The van der Waals surface area contributed by atoms with Crippen LogP contribution < -0.4 is 4.72 Å². The average Bonchev–Trinajstić information content (AvgIpc) is 2.66. The van der Waals surface area contributed by atoms with Crippen molar-refractivity contribution in [2.75, 3.05) is 4.72 Å². The van der Waals surface area contributed by atoms with Crippen LogP contribution in [0.3, 0.4) is 0 Å². The van der Waals surface area contributed by atoms with E-state index in [0.717, 1.165) is 0 Å². The van der Waals surface area contributed by atoms with Gasteiger partial charge in [0.05, 0.1) is 12.4 Å². The topological polar surface area (TPSA) is 138 Å². The zero-order valence-corrected chi connectivity index (χ0v) is 11.4. The van der Waals surface area contributed by atoms with E-state index in [2.05, 4.69) is 24.9 Å². The summed E-state index contributed by atoms with van der Waals surface area (Å²) in [4.78, 5) is 17.1. The van der Waals surface area contributed by atoms with Crippen LogP contribution >= 0.6 is 0 Å². The number of nitrogens with one attached hydrogen (secondary N) is 2. The number of sulfonamides is 1. The number of carboxylic acid groups (broad SMARTS) is 1. The molecule has 106 valence electrons. The normalized spacial score (nSPS) is 11.3. The molecule has 0 bridgehead atoms. The van der Waals surface area contributed by atoms with Crippen molar-refractivity contribution >= 4 is 21.9 Å². The summed E-state index contributed by atoms with van der Waals surface area (Å²) >= 11 is 0. The van der Waals surface area contributed by atoms with Gasteiger partial charge in [-0.1, -0.05) is 0 Å². The molecule has 2 aromatic heterocycles. The molecule has 0 saturated heterocycles. The highest BCUT2D eigenvalue weighted by Crippen LogP contribution is 2.24. The van der Waals surface area contributed by atoms with Gasteiger partial charge in [0.1, 0.15) is 10.6 Å². The van der Waals surface area contributed by atoms with Crippen LogP contribution in [0.2, 0.25) is 0 Å². The molecule has 0 radical (unpaired) electrons. The van der Waals surface area contributed by atoms with Crippen LogP contribution in [0.15, 0.2) is 17.3 Å². The number of aromatic amines is 1. The number of H-pyrrole nitrogens is 1. The fourth-order valence-corrected chi connectivity index (χ4v) is 3.21. The van der Waals surface area contributed by atoms with E-state index in [4.69, 9.17) is 5.11 Å². The Morgan fingerprint density at radius 3 is 2.55 bits per heavy atom. The monoisotopic (exact) mass is 297 g/mol. The van der Waals surface area contributed by atoms with Gasteiger partial charge in [0.2, 0.25) is 0 Å². The summed E-state index contributed by atoms with van der Waals surface area (Å²) in [5.41, 5.74) is 0.165.